The Morgan fingerprint density at radius 1 is 1.22 bits per heavy atom. The number of nitrogens with zero attached hydrogens (tertiary/aromatic N) is 3. The molecule has 4 heteroatoms. The second kappa shape index (κ2) is 4.80. The quantitative estimate of drug-likeness (QED) is 0.900. The van der Waals surface area contributed by atoms with Gasteiger partial charge in [-0.3, -0.25) is 4.57 Å². The highest BCUT2D eigenvalue weighted by atomic mass is 15.2. The Morgan fingerprint density at radius 3 is 2.78 bits per heavy atom. The average Bonchev–Trinajstić information content (AvgIpc) is 3.01. The third-order valence-corrected chi connectivity index (χ3v) is 3.63. The van der Waals surface area contributed by atoms with Crippen molar-refractivity contribution in [3.05, 3.63) is 36.9 Å². The lowest BCUT2D eigenvalue weighted by Crippen LogP contribution is -2.15. The van der Waals surface area contributed by atoms with E-state index in [0.717, 1.165) is 11.6 Å². The number of rotatable bonds is 3. The molecule has 1 aliphatic carbocycles. The van der Waals surface area contributed by atoms with E-state index < -0.39 is 0 Å². The van der Waals surface area contributed by atoms with Crippen molar-refractivity contribution in [1.82, 2.24) is 14.8 Å². The lowest BCUT2D eigenvalue weighted by molar-refractivity contribution is 0.602. The van der Waals surface area contributed by atoms with Crippen molar-refractivity contribution in [2.24, 2.45) is 5.92 Å². The zero-order valence-corrected chi connectivity index (χ0v) is 10.6. The molecule has 1 aliphatic rings. The van der Waals surface area contributed by atoms with Gasteiger partial charge in [0.2, 0.25) is 0 Å². The summed E-state index contributed by atoms with van der Waals surface area (Å²) < 4.78 is 1.92. The lowest BCUT2D eigenvalue weighted by atomic mass is 10.1. The highest BCUT2D eigenvalue weighted by Gasteiger charge is 2.20. The van der Waals surface area contributed by atoms with Gasteiger partial charge in [-0.2, -0.15) is 0 Å². The van der Waals surface area contributed by atoms with Crippen molar-refractivity contribution in [3.8, 4) is 5.69 Å². The van der Waals surface area contributed by atoms with Crippen LogP contribution in [0.5, 0.6) is 0 Å². The molecule has 94 valence electrons. The van der Waals surface area contributed by atoms with E-state index in [9.17, 15) is 0 Å². The van der Waals surface area contributed by atoms with E-state index in [2.05, 4.69) is 46.7 Å². The summed E-state index contributed by atoms with van der Waals surface area (Å²) in [6.07, 6.45) is 7.32. The summed E-state index contributed by atoms with van der Waals surface area (Å²) in [5.74, 6) is 0.850. The van der Waals surface area contributed by atoms with Crippen LogP contribution in [0.3, 0.4) is 0 Å². The van der Waals surface area contributed by atoms with Gasteiger partial charge in [-0.15, -0.1) is 10.2 Å². The van der Waals surface area contributed by atoms with Crippen molar-refractivity contribution >= 4 is 5.69 Å². The SMILES string of the molecule is CC1CCC(Nc2cccc(-n3cnnc3)c2)C1. The van der Waals surface area contributed by atoms with E-state index in [4.69, 9.17) is 0 Å². The van der Waals surface area contributed by atoms with Gasteiger partial charge in [0, 0.05) is 11.7 Å². The molecule has 1 aromatic carbocycles. The first-order valence-corrected chi connectivity index (χ1v) is 6.53. The predicted molar refractivity (Wildman–Crippen MR) is 71.8 cm³/mol. The number of hydrogen-bond donors (Lipinski definition) is 1. The lowest BCUT2D eigenvalue weighted by Gasteiger charge is -2.14. The molecule has 3 rings (SSSR count). The summed E-state index contributed by atoms with van der Waals surface area (Å²) in [6.45, 7) is 2.33. The fraction of sp³-hybridized carbons (Fsp3) is 0.429. The molecule has 1 heterocycles. The number of hydrogen-bond acceptors (Lipinski definition) is 3. The maximum atomic E-state index is 3.83. The fourth-order valence-corrected chi connectivity index (χ4v) is 2.66. The molecule has 1 N–H and O–H groups in total. The van der Waals surface area contributed by atoms with Gasteiger partial charge in [-0.25, -0.2) is 0 Å². The van der Waals surface area contributed by atoms with Gasteiger partial charge >= 0.3 is 0 Å². The Bertz CT molecular complexity index is 506. The van der Waals surface area contributed by atoms with Crippen LogP contribution in [0.25, 0.3) is 5.69 Å². The molecular weight excluding hydrogens is 224 g/mol. The first-order valence-electron chi connectivity index (χ1n) is 6.53. The van der Waals surface area contributed by atoms with Gasteiger partial charge < -0.3 is 5.32 Å². The Kier molecular flexibility index (Phi) is 3.00. The highest BCUT2D eigenvalue weighted by molar-refractivity contribution is 5.51. The standard InChI is InChI=1S/C14H18N4/c1-11-5-6-13(7-11)17-12-3-2-4-14(8-12)18-9-15-16-10-18/h2-4,8-11,13,17H,5-7H2,1H3. The number of anilines is 1. The minimum absolute atomic E-state index is 0.621. The number of aromatic nitrogens is 3. The van der Waals surface area contributed by atoms with Crippen LogP contribution in [0.4, 0.5) is 5.69 Å². The normalized spacial score (nSPS) is 23.2. The van der Waals surface area contributed by atoms with Gasteiger partial charge in [-0.05, 0) is 43.4 Å². The smallest absolute Gasteiger partial charge is 0.123 e. The molecule has 0 radical (unpaired) electrons. The third-order valence-electron chi connectivity index (χ3n) is 3.63. The monoisotopic (exact) mass is 242 g/mol. The number of benzene rings is 1. The van der Waals surface area contributed by atoms with Crippen LogP contribution in [-0.2, 0) is 0 Å². The van der Waals surface area contributed by atoms with Crippen LogP contribution >= 0.6 is 0 Å². The molecule has 2 unspecified atom stereocenters. The molecule has 2 atom stereocenters. The van der Waals surface area contributed by atoms with Crippen LogP contribution in [0.1, 0.15) is 26.2 Å². The van der Waals surface area contributed by atoms with Crippen molar-refractivity contribution in [2.75, 3.05) is 5.32 Å². The second-order valence-electron chi connectivity index (χ2n) is 5.18. The van der Waals surface area contributed by atoms with Gasteiger partial charge in [0.1, 0.15) is 12.7 Å². The minimum atomic E-state index is 0.621. The molecule has 1 fully saturated rings. The zero-order valence-electron chi connectivity index (χ0n) is 10.6. The van der Waals surface area contributed by atoms with E-state index in [0.29, 0.717) is 6.04 Å². The summed E-state index contributed by atoms with van der Waals surface area (Å²) in [6, 6.07) is 9.02. The van der Waals surface area contributed by atoms with Crippen LogP contribution in [0, 0.1) is 5.92 Å². The van der Waals surface area contributed by atoms with Gasteiger partial charge in [0.05, 0.1) is 5.69 Å². The Labute approximate surface area is 107 Å². The zero-order chi connectivity index (χ0) is 12.4. The van der Waals surface area contributed by atoms with E-state index in [1.807, 2.05) is 4.57 Å². The van der Waals surface area contributed by atoms with E-state index in [1.165, 1.54) is 24.9 Å². The van der Waals surface area contributed by atoms with E-state index in [-0.39, 0.29) is 0 Å². The van der Waals surface area contributed by atoms with Crippen LogP contribution < -0.4 is 5.32 Å². The highest BCUT2D eigenvalue weighted by Crippen LogP contribution is 2.27. The summed E-state index contributed by atoms with van der Waals surface area (Å²) >= 11 is 0. The summed E-state index contributed by atoms with van der Waals surface area (Å²) in [5.41, 5.74) is 2.27. The second-order valence-corrected chi connectivity index (χ2v) is 5.18. The van der Waals surface area contributed by atoms with Gasteiger partial charge in [-0.1, -0.05) is 13.0 Å². The molecule has 1 aromatic heterocycles. The Hall–Kier alpha value is -1.84. The van der Waals surface area contributed by atoms with Crippen LogP contribution in [-0.4, -0.2) is 20.8 Å². The summed E-state index contributed by atoms with van der Waals surface area (Å²) in [7, 11) is 0. The van der Waals surface area contributed by atoms with E-state index in [1.54, 1.807) is 12.7 Å². The van der Waals surface area contributed by atoms with E-state index >= 15 is 0 Å². The molecule has 0 aliphatic heterocycles. The van der Waals surface area contributed by atoms with Gasteiger partial charge in [0.15, 0.2) is 0 Å². The summed E-state index contributed by atoms with van der Waals surface area (Å²) in [4.78, 5) is 0. The fourth-order valence-electron chi connectivity index (χ4n) is 2.66. The van der Waals surface area contributed by atoms with Crippen molar-refractivity contribution in [2.45, 2.75) is 32.2 Å². The molecule has 1 saturated carbocycles. The predicted octanol–water partition coefficient (Wildman–Crippen LogP) is 2.87. The average molecular weight is 242 g/mol. The Morgan fingerprint density at radius 2 is 2.06 bits per heavy atom. The molecule has 0 bridgehead atoms. The van der Waals surface area contributed by atoms with Crippen molar-refractivity contribution in [3.63, 3.8) is 0 Å². The first kappa shape index (κ1) is 11.3. The largest absolute Gasteiger partial charge is 0.382 e. The number of nitrogens with one attached hydrogen (secondary N) is 1. The van der Waals surface area contributed by atoms with Crippen molar-refractivity contribution in [1.29, 1.82) is 0 Å². The molecule has 2 aromatic rings. The molecule has 18 heavy (non-hydrogen) atoms. The molecule has 0 spiro atoms. The van der Waals surface area contributed by atoms with Crippen molar-refractivity contribution < 1.29 is 0 Å². The Balaban J connectivity index is 1.75. The molecule has 0 amide bonds. The topological polar surface area (TPSA) is 42.7 Å². The maximum Gasteiger partial charge on any atom is 0.123 e. The van der Waals surface area contributed by atoms with Crippen LogP contribution in [0.2, 0.25) is 0 Å². The van der Waals surface area contributed by atoms with Gasteiger partial charge in [0.25, 0.3) is 0 Å². The summed E-state index contributed by atoms with van der Waals surface area (Å²) in [5, 5.41) is 11.3. The molecule has 4 nitrogen and oxygen atoms in total. The van der Waals surface area contributed by atoms with Crippen LogP contribution in [0.15, 0.2) is 36.9 Å². The molecule has 0 saturated heterocycles. The maximum absolute atomic E-state index is 3.83. The third kappa shape index (κ3) is 2.37. The molecular formula is C14H18N4. The first-order chi connectivity index (χ1) is 8.81. The minimum Gasteiger partial charge on any atom is -0.382 e.